The van der Waals surface area contributed by atoms with Gasteiger partial charge < -0.3 is 10.5 Å². The molecule has 0 aromatic heterocycles. The number of hydrogen-bond donors (Lipinski definition) is 1. The maximum atomic E-state index is 13.5. The van der Waals surface area contributed by atoms with Crippen molar-refractivity contribution in [1.29, 1.82) is 0 Å². The molecule has 0 aliphatic rings. The number of hydrogen-bond acceptors (Lipinski definition) is 2. The first kappa shape index (κ1) is 13.5. The van der Waals surface area contributed by atoms with Crippen LogP contribution < -0.4 is 10.5 Å². The van der Waals surface area contributed by atoms with Crippen molar-refractivity contribution >= 4 is 0 Å². The van der Waals surface area contributed by atoms with E-state index in [4.69, 9.17) is 10.5 Å². The van der Waals surface area contributed by atoms with Crippen LogP contribution in [0.2, 0.25) is 0 Å². The first-order valence-corrected chi connectivity index (χ1v) is 5.99. The SMILES string of the molecule is C[C@@H](N)c1ccccc1OCc1ccc(F)cc1F. The molecule has 2 aromatic rings. The summed E-state index contributed by atoms with van der Waals surface area (Å²) in [5, 5.41) is 0. The molecule has 2 N–H and O–H groups in total. The van der Waals surface area contributed by atoms with Gasteiger partial charge in [0.1, 0.15) is 24.0 Å². The van der Waals surface area contributed by atoms with Crippen LogP contribution in [-0.2, 0) is 6.61 Å². The van der Waals surface area contributed by atoms with Crippen LogP contribution >= 0.6 is 0 Å². The molecular formula is C15H15F2NO. The van der Waals surface area contributed by atoms with E-state index in [-0.39, 0.29) is 12.6 Å². The Morgan fingerprint density at radius 2 is 1.89 bits per heavy atom. The summed E-state index contributed by atoms with van der Waals surface area (Å²) in [6, 6.07) is 10.6. The summed E-state index contributed by atoms with van der Waals surface area (Å²) < 4.78 is 31.8. The van der Waals surface area contributed by atoms with Gasteiger partial charge in [0.05, 0.1) is 0 Å². The minimum atomic E-state index is -0.613. The Morgan fingerprint density at radius 1 is 1.16 bits per heavy atom. The lowest BCUT2D eigenvalue weighted by Crippen LogP contribution is -2.08. The zero-order valence-corrected chi connectivity index (χ0v) is 10.6. The third-order valence-electron chi connectivity index (χ3n) is 2.81. The highest BCUT2D eigenvalue weighted by Crippen LogP contribution is 2.24. The van der Waals surface area contributed by atoms with Gasteiger partial charge in [0.15, 0.2) is 0 Å². The van der Waals surface area contributed by atoms with Gasteiger partial charge in [0.25, 0.3) is 0 Å². The van der Waals surface area contributed by atoms with E-state index < -0.39 is 11.6 Å². The molecule has 0 radical (unpaired) electrons. The number of nitrogens with two attached hydrogens (primary N) is 1. The molecule has 2 nitrogen and oxygen atoms in total. The van der Waals surface area contributed by atoms with E-state index in [9.17, 15) is 8.78 Å². The average molecular weight is 263 g/mol. The van der Waals surface area contributed by atoms with Gasteiger partial charge in [-0.15, -0.1) is 0 Å². The summed E-state index contributed by atoms with van der Waals surface area (Å²) in [5.74, 6) is -0.600. The first-order valence-electron chi connectivity index (χ1n) is 5.99. The van der Waals surface area contributed by atoms with E-state index >= 15 is 0 Å². The molecule has 0 unspecified atom stereocenters. The summed E-state index contributed by atoms with van der Waals surface area (Å²) >= 11 is 0. The Bertz CT molecular complexity index is 570. The molecule has 0 aliphatic heterocycles. The molecule has 0 aliphatic carbocycles. The number of halogens is 2. The van der Waals surface area contributed by atoms with Gasteiger partial charge in [-0.2, -0.15) is 0 Å². The average Bonchev–Trinajstić information content (AvgIpc) is 2.38. The second kappa shape index (κ2) is 5.80. The van der Waals surface area contributed by atoms with Gasteiger partial charge in [-0.25, -0.2) is 8.78 Å². The Kier molecular flexibility index (Phi) is 4.12. The standard InChI is InChI=1S/C15H15F2NO/c1-10(18)13-4-2-3-5-15(13)19-9-11-6-7-12(16)8-14(11)17/h2-8,10H,9,18H2,1H3/t10-/m1/s1. The van der Waals surface area contributed by atoms with Crippen molar-refractivity contribution < 1.29 is 13.5 Å². The molecule has 0 heterocycles. The molecule has 100 valence electrons. The van der Waals surface area contributed by atoms with Crippen LogP contribution in [0.15, 0.2) is 42.5 Å². The molecule has 0 saturated heterocycles. The van der Waals surface area contributed by atoms with E-state index in [0.717, 1.165) is 11.6 Å². The van der Waals surface area contributed by atoms with E-state index in [1.807, 2.05) is 25.1 Å². The molecule has 2 aromatic carbocycles. The molecular weight excluding hydrogens is 248 g/mol. The Morgan fingerprint density at radius 3 is 2.58 bits per heavy atom. The fourth-order valence-electron chi connectivity index (χ4n) is 1.78. The second-order valence-corrected chi connectivity index (χ2v) is 4.35. The Labute approximate surface area is 110 Å². The van der Waals surface area contributed by atoms with Crippen LogP contribution in [0.25, 0.3) is 0 Å². The summed E-state index contributed by atoms with van der Waals surface area (Å²) in [5.41, 5.74) is 6.99. The third-order valence-corrected chi connectivity index (χ3v) is 2.81. The zero-order valence-electron chi connectivity index (χ0n) is 10.6. The minimum Gasteiger partial charge on any atom is -0.488 e. The number of rotatable bonds is 4. The molecule has 0 amide bonds. The van der Waals surface area contributed by atoms with Crippen molar-refractivity contribution in [3.63, 3.8) is 0 Å². The van der Waals surface area contributed by atoms with Crippen molar-refractivity contribution in [2.24, 2.45) is 5.73 Å². The van der Waals surface area contributed by atoms with Crippen LogP contribution in [0.4, 0.5) is 8.78 Å². The summed E-state index contributed by atoms with van der Waals surface area (Å²) in [6.07, 6.45) is 0. The van der Waals surface area contributed by atoms with Crippen LogP contribution in [0, 0.1) is 11.6 Å². The van der Waals surface area contributed by atoms with Gasteiger partial charge in [-0.3, -0.25) is 0 Å². The largest absolute Gasteiger partial charge is 0.488 e. The lowest BCUT2D eigenvalue weighted by atomic mass is 10.1. The van der Waals surface area contributed by atoms with Crippen LogP contribution in [0.3, 0.4) is 0 Å². The summed E-state index contributed by atoms with van der Waals surface area (Å²) in [7, 11) is 0. The van der Waals surface area contributed by atoms with Gasteiger partial charge in [0, 0.05) is 23.2 Å². The molecule has 19 heavy (non-hydrogen) atoms. The van der Waals surface area contributed by atoms with Crippen molar-refractivity contribution in [1.82, 2.24) is 0 Å². The topological polar surface area (TPSA) is 35.2 Å². The van der Waals surface area contributed by atoms with Crippen molar-refractivity contribution in [3.8, 4) is 5.75 Å². The second-order valence-electron chi connectivity index (χ2n) is 4.35. The minimum absolute atomic E-state index is 0.0375. The van der Waals surface area contributed by atoms with Gasteiger partial charge in [-0.1, -0.05) is 18.2 Å². The normalized spacial score (nSPS) is 12.2. The molecule has 0 fully saturated rings. The van der Waals surface area contributed by atoms with E-state index in [0.29, 0.717) is 11.3 Å². The highest BCUT2D eigenvalue weighted by molar-refractivity contribution is 5.35. The van der Waals surface area contributed by atoms with Gasteiger partial charge in [0.2, 0.25) is 0 Å². The molecule has 1 atom stereocenters. The number of benzene rings is 2. The maximum Gasteiger partial charge on any atom is 0.132 e. The molecule has 0 saturated carbocycles. The quantitative estimate of drug-likeness (QED) is 0.915. The van der Waals surface area contributed by atoms with Crippen molar-refractivity contribution in [3.05, 3.63) is 65.2 Å². The van der Waals surface area contributed by atoms with Gasteiger partial charge in [-0.05, 0) is 25.1 Å². The number of ether oxygens (including phenoxy) is 1. The molecule has 2 rings (SSSR count). The van der Waals surface area contributed by atoms with Crippen LogP contribution in [-0.4, -0.2) is 0 Å². The monoisotopic (exact) mass is 263 g/mol. The predicted octanol–water partition coefficient (Wildman–Crippen LogP) is 3.56. The molecule has 0 spiro atoms. The van der Waals surface area contributed by atoms with Crippen molar-refractivity contribution in [2.45, 2.75) is 19.6 Å². The highest BCUT2D eigenvalue weighted by atomic mass is 19.1. The van der Waals surface area contributed by atoms with Crippen LogP contribution in [0.5, 0.6) is 5.75 Å². The lowest BCUT2D eigenvalue weighted by molar-refractivity contribution is 0.295. The van der Waals surface area contributed by atoms with Crippen molar-refractivity contribution in [2.75, 3.05) is 0 Å². The molecule has 0 bridgehead atoms. The smallest absolute Gasteiger partial charge is 0.132 e. The third kappa shape index (κ3) is 3.29. The maximum absolute atomic E-state index is 13.5. The fraction of sp³-hybridized carbons (Fsp3) is 0.200. The Balaban J connectivity index is 2.14. The Hall–Kier alpha value is -1.94. The van der Waals surface area contributed by atoms with E-state index in [2.05, 4.69) is 0 Å². The van der Waals surface area contributed by atoms with E-state index in [1.54, 1.807) is 6.07 Å². The summed E-state index contributed by atoms with van der Waals surface area (Å²) in [6.45, 7) is 1.89. The summed E-state index contributed by atoms with van der Waals surface area (Å²) in [4.78, 5) is 0. The zero-order chi connectivity index (χ0) is 13.8. The van der Waals surface area contributed by atoms with Crippen LogP contribution in [0.1, 0.15) is 24.1 Å². The molecule has 4 heteroatoms. The lowest BCUT2D eigenvalue weighted by Gasteiger charge is -2.14. The first-order chi connectivity index (χ1) is 9.08. The highest BCUT2D eigenvalue weighted by Gasteiger charge is 2.09. The van der Waals surface area contributed by atoms with E-state index in [1.165, 1.54) is 12.1 Å². The number of para-hydroxylation sites is 1. The fourth-order valence-corrected chi connectivity index (χ4v) is 1.78. The predicted molar refractivity (Wildman–Crippen MR) is 69.7 cm³/mol. The van der Waals surface area contributed by atoms with Gasteiger partial charge >= 0.3 is 0 Å².